The SMILES string of the molecule is C[C]1[C](C)[C](c2ccccc2)C(=O)[C]1c1ccccc1.[C-]#[O+].[C-]#[O+].[C-]#[O+].[Ru]. The van der Waals surface area contributed by atoms with Gasteiger partial charge in [-0.3, -0.25) is 4.79 Å². The first kappa shape index (κ1) is 27.2. The first-order valence-corrected chi connectivity index (χ1v) is 7.39. The summed E-state index contributed by atoms with van der Waals surface area (Å²) < 4.78 is 22.5. The molecular formula is C22H16O4Ru. The maximum Gasteiger partial charge on any atom is 0 e. The van der Waals surface area contributed by atoms with Crippen molar-refractivity contribution in [2.45, 2.75) is 13.8 Å². The van der Waals surface area contributed by atoms with Gasteiger partial charge in [0, 0.05) is 31.3 Å². The normalized spacial score (nSPS) is 14.1. The van der Waals surface area contributed by atoms with Crippen molar-refractivity contribution in [2.75, 3.05) is 0 Å². The summed E-state index contributed by atoms with van der Waals surface area (Å²) in [5.41, 5.74) is 2.00. The largest absolute Gasteiger partial charge is 0 e. The minimum Gasteiger partial charge on any atom is 0 e. The Balaban J connectivity index is 0. The van der Waals surface area contributed by atoms with Gasteiger partial charge >= 0.3 is 33.9 Å². The van der Waals surface area contributed by atoms with E-state index >= 15 is 0 Å². The minimum absolute atomic E-state index is 0. The molecule has 0 saturated heterocycles. The van der Waals surface area contributed by atoms with E-state index in [4.69, 9.17) is 14.0 Å². The fourth-order valence-corrected chi connectivity index (χ4v) is 2.75. The van der Waals surface area contributed by atoms with E-state index in [1.165, 1.54) is 0 Å². The number of carbonyl (C=O) groups excluding carboxylic acids is 1. The Morgan fingerprint density at radius 1 is 0.593 bits per heavy atom. The molecule has 4 nitrogen and oxygen atoms in total. The van der Waals surface area contributed by atoms with Gasteiger partial charge in [-0.15, -0.1) is 0 Å². The second-order valence-corrected chi connectivity index (χ2v) is 5.06. The molecule has 4 radical (unpaired) electrons. The Bertz CT molecular complexity index is 654. The van der Waals surface area contributed by atoms with E-state index in [1.54, 1.807) is 0 Å². The van der Waals surface area contributed by atoms with E-state index in [0.29, 0.717) is 0 Å². The number of Topliss-reactive ketones (excluding diaryl/α,β-unsaturated/α-hetero) is 1. The fourth-order valence-electron chi connectivity index (χ4n) is 2.75. The van der Waals surface area contributed by atoms with Crippen LogP contribution in [0.5, 0.6) is 0 Å². The molecule has 1 aliphatic rings. The van der Waals surface area contributed by atoms with Gasteiger partial charge in [0.25, 0.3) is 0 Å². The molecular weight excluding hydrogens is 429 g/mol. The van der Waals surface area contributed by atoms with Crippen molar-refractivity contribution in [2.24, 2.45) is 0 Å². The molecule has 0 heterocycles. The molecule has 27 heavy (non-hydrogen) atoms. The van der Waals surface area contributed by atoms with E-state index < -0.39 is 0 Å². The predicted octanol–water partition coefficient (Wildman–Crippen LogP) is 3.89. The first-order valence-electron chi connectivity index (χ1n) is 7.39. The molecule has 0 aromatic heterocycles. The van der Waals surface area contributed by atoms with Crippen LogP contribution in [0.25, 0.3) is 0 Å². The van der Waals surface area contributed by atoms with Gasteiger partial charge in [-0.05, 0) is 11.1 Å². The Morgan fingerprint density at radius 2 is 0.852 bits per heavy atom. The molecule has 1 fully saturated rings. The van der Waals surface area contributed by atoms with Crippen LogP contribution < -0.4 is 0 Å². The molecule has 2 aromatic rings. The van der Waals surface area contributed by atoms with Crippen LogP contribution in [0.4, 0.5) is 0 Å². The van der Waals surface area contributed by atoms with Crippen molar-refractivity contribution in [1.82, 2.24) is 0 Å². The van der Waals surface area contributed by atoms with Crippen LogP contribution in [-0.4, -0.2) is 5.78 Å². The first-order chi connectivity index (χ1) is 12.7. The van der Waals surface area contributed by atoms with Crippen LogP contribution in [0.3, 0.4) is 0 Å². The van der Waals surface area contributed by atoms with Crippen LogP contribution in [0.15, 0.2) is 60.7 Å². The Hall–Kier alpha value is -2.05. The van der Waals surface area contributed by atoms with Gasteiger partial charge in [-0.25, -0.2) is 0 Å². The van der Waals surface area contributed by atoms with Crippen molar-refractivity contribution >= 4 is 5.78 Å². The molecule has 0 unspecified atom stereocenters. The third kappa shape index (κ3) is 6.56. The molecule has 5 heteroatoms. The van der Waals surface area contributed by atoms with E-state index in [9.17, 15) is 4.79 Å². The zero-order valence-electron chi connectivity index (χ0n) is 14.8. The summed E-state index contributed by atoms with van der Waals surface area (Å²) in [5, 5.41) is 0. The van der Waals surface area contributed by atoms with Gasteiger partial charge in [-0.1, -0.05) is 74.5 Å². The summed E-state index contributed by atoms with van der Waals surface area (Å²) in [4.78, 5) is 12.8. The molecule has 0 bridgehead atoms. The summed E-state index contributed by atoms with van der Waals surface area (Å²) >= 11 is 0. The van der Waals surface area contributed by atoms with E-state index in [2.05, 4.69) is 20.0 Å². The molecule has 3 rings (SSSR count). The number of rotatable bonds is 2. The van der Waals surface area contributed by atoms with Crippen LogP contribution >= 0.6 is 0 Å². The van der Waals surface area contributed by atoms with Crippen molar-refractivity contribution in [3.8, 4) is 0 Å². The van der Waals surface area contributed by atoms with Gasteiger partial charge in [0.15, 0.2) is 5.78 Å². The Morgan fingerprint density at radius 3 is 1.11 bits per heavy atom. The standard InChI is InChI=1S/C19H16O.3CO.Ru/c1-13-14(2)18(16-11-7-4-8-12-16)19(20)17(13)15-9-5-3-6-10-15;3*1-2;/h3-12H,1-2H3;;;;. The van der Waals surface area contributed by atoms with Crippen LogP contribution in [0, 0.1) is 43.6 Å². The third-order valence-electron chi connectivity index (χ3n) is 3.89. The van der Waals surface area contributed by atoms with Crippen molar-refractivity contribution in [3.05, 3.63) is 115 Å². The summed E-state index contributed by atoms with van der Waals surface area (Å²) in [6.07, 6.45) is 0. The molecule has 0 N–H and O–H groups in total. The second kappa shape index (κ2) is 15.1. The number of hydrogen-bond acceptors (Lipinski definition) is 1. The second-order valence-electron chi connectivity index (χ2n) is 5.06. The van der Waals surface area contributed by atoms with Crippen LogP contribution in [0.1, 0.15) is 25.0 Å². The number of carbonyl (C=O) groups is 1. The Labute approximate surface area is 173 Å². The topological polar surface area (TPSA) is 76.8 Å². The quantitative estimate of drug-likeness (QED) is 0.393. The third-order valence-corrected chi connectivity index (χ3v) is 3.89. The summed E-state index contributed by atoms with van der Waals surface area (Å²) in [6.45, 7) is 17.6. The van der Waals surface area contributed by atoms with Gasteiger partial charge in [-0.2, -0.15) is 0 Å². The molecule has 0 aliphatic heterocycles. The summed E-state index contributed by atoms with van der Waals surface area (Å²) in [5.74, 6) is 3.97. The van der Waals surface area contributed by atoms with Crippen LogP contribution in [-0.2, 0) is 38.2 Å². The summed E-state index contributed by atoms with van der Waals surface area (Å²) in [6, 6.07) is 19.8. The smallest absolute Gasteiger partial charge is 0 e. The summed E-state index contributed by atoms with van der Waals surface area (Å²) in [7, 11) is 0. The van der Waals surface area contributed by atoms with Gasteiger partial charge in [0.05, 0.1) is 11.8 Å². The number of ketones is 1. The minimum atomic E-state index is 0. The average molecular weight is 445 g/mol. The van der Waals surface area contributed by atoms with Crippen molar-refractivity contribution in [1.29, 1.82) is 0 Å². The molecule has 2 aromatic carbocycles. The maximum absolute atomic E-state index is 12.8. The molecule has 0 atom stereocenters. The van der Waals surface area contributed by atoms with Gasteiger partial charge in [0.1, 0.15) is 0 Å². The van der Waals surface area contributed by atoms with Crippen molar-refractivity contribution in [3.63, 3.8) is 0 Å². The number of hydrogen-bond donors (Lipinski definition) is 0. The zero-order valence-corrected chi connectivity index (χ0v) is 16.5. The number of benzene rings is 2. The zero-order chi connectivity index (χ0) is 20.1. The predicted molar refractivity (Wildman–Crippen MR) is 92.2 cm³/mol. The molecule has 0 amide bonds. The van der Waals surface area contributed by atoms with E-state index in [-0.39, 0.29) is 25.3 Å². The maximum atomic E-state index is 12.8. The molecule has 1 aliphatic carbocycles. The molecule has 0 spiro atoms. The van der Waals surface area contributed by atoms with E-state index in [1.807, 2.05) is 74.5 Å². The monoisotopic (exact) mass is 446 g/mol. The van der Waals surface area contributed by atoms with Crippen molar-refractivity contribution < 1.29 is 38.2 Å². The van der Waals surface area contributed by atoms with Gasteiger partial charge in [0.2, 0.25) is 0 Å². The van der Waals surface area contributed by atoms with E-state index in [0.717, 1.165) is 34.8 Å². The molecule has 1 saturated carbocycles. The fraction of sp³-hybridized carbons (Fsp3) is 0.0909. The Kier molecular flexibility index (Phi) is 15.2. The van der Waals surface area contributed by atoms with Gasteiger partial charge < -0.3 is 0 Å². The average Bonchev–Trinajstić information content (AvgIpc) is 2.96. The van der Waals surface area contributed by atoms with Crippen LogP contribution in [0.2, 0.25) is 0 Å². The molecule has 136 valence electrons.